The minimum atomic E-state index is -0.301. The third-order valence-corrected chi connectivity index (χ3v) is 7.61. The first-order valence-electron chi connectivity index (χ1n) is 12.0. The molecule has 1 aliphatic rings. The summed E-state index contributed by atoms with van der Waals surface area (Å²) in [5.74, 6) is 0.149. The Balaban J connectivity index is 1.28. The number of nitrogens with zero attached hydrogens (tertiary/aromatic N) is 6. The number of amides is 1. The van der Waals surface area contributed by atoms with Crippen molar-refractivity contribution in [1.82, 2.24) is 29.7 Å². The maximum absolute atomic E-state index is 14.2. The van der Waals surface area contributed by atoms with Gasteiger partial charge in [-0.2, -0.15) is 5.10 Å². The molecule has 0 aliphatic carbocycles. The van der Waals surface area contributed by atoms with E-state index in [-0.39, 0.29) is 23.8 Å². The number of hydrogen-bond acceptors (Lipinski definition) is 5. The number of benzene rings is 2. The topological polar surface area (TPSA) is 80.3 Å². The summed E-state index contributed by atoms with van der Waals surface area (Å²) in [6, 6.07) is 19.1. The van der Waals surface area contributed by atoms with Crippen molar-refractivity contribution >= 4 is 51.6 Å². The van der Waals surface area contributed by atoms with E-state index in [1.165, 1.54) is 12.1 Å². The lowest BCUT2D eigenvalue weighted by atomic mass is 10.0. The highest BCUT2D eigenvalue weighted by Gasteiger charge is 2.36. The van der Waals surface area contributed by atoms with E-state index in [4.69, 9.17) is 16.7 Å². The molecule has 8 nitrogen and oxygen atoms in total. The van der Waals surface area contributed by atoms with Crippen LogP contribution in [-0.2, 0) is 0 Å². The number of carbonyl (C=O) groups excluding carboxylic acids is 1. The summed E-state index contributed by atoms with van der Waals surface area (Å²) in [5, 5.41) is 13.0. The normalized spacial score (nSPS) is 17.3. The Morgan fingerprint density at radius 2 is 1.95 bits per heavy atom. The second-order valence-corrected chi connectivity index (χ2v) is 10.8. The molecule has 4 heterocycles. The Morgan fingerprint density at radius 3 is 2.76 bits per heavy atom. The molecule has 1 aliphatic heterocycles. The van der Waals surface area contributed by atoms with E-state index in [0.29, 0.717) is 23.7 Å². The molecule has 0 bridgehead atoms. The second-order valence-electron chi connectivity index (χ2n) is 9.23. The number of aryl methyl sites for hydroxylation is 1. The van der Waals surface area contributed by atoms with Crippen LogP contribution in [0.3, 0.4) is 0 Å². The smallest absolute Gasteiger partial charge is 0.272 e. The van der Waals surface area contributed by atoms with Crippen molar-refractivity contribution < 1.29 is 9.18 Å². The van der Waals surface area contributed by atoms with Gasteiger partial charge in [0.25, 0.3) is 5.91 Å². The lowest BCUT2D eigenvalue weighted by Gasteiger charge is -2.25. The van der Waals surface area contributed by atoms with Crippen LogP contribution < -0.4 is 10.2 Å². The van der Waals surface area contributed by atoms with Crippen molar-refractivity contribution in [3.05, 3.63) is 104 Å². The molecule has 0 saturated carbocycles. The van der Waals surface area contributed by atoms with E-state index >= 15 is 0 Å². The third kappa shape index (κ3) is 4.73. The summed E-state index contributed by atoms with van der Waals surface area (Å²) < 4.78 is 18.5. The number of carbonyl (C=O) groups is 1. The van der Waals surface area contributed by atoms with Crippen LogP contribution in [0.2, 0.25) is 5.02 Å². The zero-order chi connectivity index (χ0) is 26.4. The highest BCUT2D eigenvalue weighted by molar-refractivity contribution is 14.1. The molecule has 1 N–H and O–H groups in total. The van der Waals surface area contributed by atoms with Crippen molar-refractivity contribution in [2.75, 3.05) is 11.4 Å². The summed E-state index contributed by atoms with van der Waals surface area (Å²) in [6.45, 7) is 2.39. The summed E-state index contributed by atoms with van der Waals surface area (Å²) in [6.07, 6.45) is 2.35. The quantitative estimate of drug-likeness (QED) is 0.261. The molecule has 2 aromatic carbocycles. The molecule has 11 heteroatoms. The van der Waals surface area contributed by atoms with Gasteiger partial charge in [-0.1, -0.05) is 29.8 Å². The Kier molecular flexibility index (Phi) is 6.52. The number of halogens is 3. The van der Waals surface area contributed by atoms with Crippen LogP contribution in [-0.4, -0.2) is 42.9 Å². The number of rotatable bonds is 5. The first-order valence-corrected chi connectivity index (χ1v) is 13.5. The van der Waals surface area contributed by atoms with E-state index in [0.717, 1.165) is 32.1 Å². The van der Waals surface area contributed by atoms with Crippen LogP contribution in [0.5, 0.6) is 0 Å². The molecule has 0 radical (unpaired) electrons. The Morgan fingerprint density at radius 1 is 1.11 bits per heavy atom. The second kappa shape index (κ2) is 9.99. The van der Waals surface area contributed by atoms with Gasteiger partial charge in [-0.15, -0.1) is 5.10 Å². The van der Waals surface area contributed by atoms with Crippen molar-refractivity contribution in [2.24, 2.45) is 0 Å². The fourth-order valence-electron chi connectivity index (χ4n) is 4.93. The predicted molar refractivity (Wildman–Crippen MR) is 151 cm³/mol. The van der Waals surface area contributed by atoms with Crippen LogP contribution >= 0.6 is 34.2 Å². The average molecular weight is 642 g/mol. The standard InChI is InChI=1S/C27H22ClFIN7O/c1-16-10-22(33-36(16)21-7-3-5-18(28)12-21)27(38)32-20-13-23(17-4-2-6-19(29)11-17)35(15-20)26-9-8-25-31-14-24(30)37(25)34-26/h2-12,14,20,23H,13,15H2,1H3,(H,32,38)/t20-,23+/m0/s1. The number of nitrogens with one attached hydrogen (secondary N) is 1. The van der Waals surface area contributed by atoms with Crippen LogP contribution in [0.1, 0.15) is 34.2 Å². The molecule has 5 aromatic rings. The first-order chi connectivity index (χ1) is 18.4. The van der Waals surface area contributed by atoms with Gasteiger partial charge in [-0.3, -0.25) is 4.79 Å². The van der Waals surface area contributed by atoms with Gasteiger partial charge < -0.3 is 10.2 Å². The molecule has 0 unspecified atom stereocenters. The highest BCUT2D eigenvalue weighted by Crippen LogP contribution is 2.36. The maximum Gasteiger partial charge on any atom is 0.272 e. The fourth-order valence-corrected chi connectivity index (χ4v) is 5.61. The van der Waals surface area contributed by atoms with Crippen LogP contribution in [0.25, 0.3) is 11.3 Å². The minimum absolute atomic E-state index is 0.173. The number of anilines is 1. The summed E-state index contributed by atoms with van der Waals surface area (Å²) in [5.41, 5.74) is 3.48. The Labute approximate surface area is 236 Å². The summed E-state index contributed by atoms with van der Waals surface area (Å²) >= 11 is 8.33. The summed E-state index contributed by atoms with van der Waals surface area (Å²) in [7, 11) is 0. The number of aromatic nitrogens is 5. The Bertz CT molecular complexity index is 1670. The van der Waals surface area contributed by atoms with Gasteiger partial charge in [-0.25, -0.2) is 18.6 Å². The largest absolute Gasteiger partial charge is 0.346 e. The van der Waals surface area contributed by atoms with Crippen LogP contribution in [0, 0.1) is 16.4 Å². The molecule has 3 aromatic heterocycles. The van der Waals surface area contributed by atoms with Gasteiger partial charge >= 0.3 is 0 Å². The minimum Gasteiger partial charge on any atom is -0.346 e. The molecule has 1 fully saturated rings. The van der Waals surface area contributed by atoms with Gasteiger partial charge in [-0.05, 0) is 90.0 Å². The molecule has 1 amide bonds. The van der Waals surface area contributed by atoms with Gasteiger partial charge in [0.15, 0.2) is 11.3 Å². The van der Waals surface area contributed by atoms with Crippen molar-refractivity contribution in [3.63, 3.8) is 0 Å². The molecule has 6 rings (SSSR count). The molecular weight excluding hydrogens is 620 g/mol. The Hall–Kier alpha value is -3.51. The van der Waals surface area contributed by atoms with Gasteiger partial charge in [0, 0.05) is 23.3 Å². The highest BCUT2D eigenvalue weighted by atomic mass is 127. The van der Waals surface area contributed by atoms with Crippen molar-refractivity contribution in [3.8, 4) is 5.69 Å². The first kappa shape index (κ1) is 24.8. The van der Waals surface area contributed by atoms with E-state index in [1.54, 1.807) is 39.7 Å². The SMILES string of the molecule is Cc1cc(C(=O)N[C@H]2C[C@H](c3cccc(F)c3)N(c3ccc4ncc(I)n4n3)C2)nn1-c1cccc(Cl)c1. The van der Waals surface area contributed by atoms with Crippen LogP contribution in [0.15, 0.2) is 72.9 Å². The maximum atomic E-state index is 14.2. The van der Waals surface area contributed by atoms with Gasteiger partial charge in [0.2, 0.25) is 0 Å². The monoisotopic (exact) mass is 641 g/mol. The molecule has 38 heavy (non-hydrogen) atoms. The van der Waals surface area contributed by atoms with Crippen molar-refractivity contribution in [1.29, 1.82) is 0 Å². The lowest BCUT2D eigenvalue weighted by Crippen LogP contribution is -2.37. The average Bonchev–Trinajstić information content (AvgIpc) is 3.61. The van der Waals surface area contributed by atoms with E-state index < -0.39 is 0 Å². The van der Waals surface area contributed by atoms with Gasteiger partial charge in [0.1, 0.15) is 15.3 Å². The molecular formula is C27H22ClFIN7O. The number of fused-ring (bicyclic) bond motifs is 1. The zero-order valence-electron chi connectivity index (χ0n) is 20.2. The predicted octanol–water partition coefficient (Wildman–Crippen LogP) is 5.37. The van der Waals surface area contributed by atoms with Gasteiger partial charge in [0.05, 0.1) is 17.9 Å². The summed E-state index contributed by atoms with van der Waals surface area (Å²) in [4.78, 5) is 19.7. The van der Waals surface area contributed by atoms with Crippen molar-refractivity contribution in [2.45, 2.75) is 25.4 Å². The zero-order valence-corrected chi connectivity index (χ0v) is 23.1. The number of imidazole rings is 1. The van der Waals surface area contributed by atoms with E-state index in [9.17, 15) is 9.18 Å². The molecule has 1 saturated heterocycles. The van der Waals surface area contributed by atoms with Crippen LogP contribution in [0.4, 0.5) is 10.2 Å². The van der Waals surface area contributed by atoms with E-state index in [2.05, 4.69) is 42.9 Å². The lowest BCUT2D eigenvalue weighted by molar-refractivity contribution is 0.0934. The molecule has 0 spiro atoms. The molecule has 2 atom stereocenters. The molecule has 192 valence electrons. The third-order valence-electron chi connectivity index (χ3n) is 6.64. The van der Waals surface area contributed by atoms with E-state index in [1.807, 2.05) is 37.3 Å². The number of hydrogen-bond donors (Lipinski definition) is 1. The fraction of sp³-hybridized carbons (Fsp3) is 0.185.